The molecule has 0 heterocycles. The van der Waals surface area contributed by atoms with Gasteiger partial charge in [-0.2, -0.15) is 13.2 Å². The lowest BCUT2D eigenvalue weighted by atomic mass is 10.2. The SMILES string of the molecule is CSc1ccc(Cl)c(C(=O)Nc2cc(Cl)ccc2OCC(F)(F)F)c1. The van der Waals surface area contributed by atoms with Gasteiger partial charge in [0.15, 0.2) is 6.61 Å². The summed E-state index contributed by atoms with van der Waals surface area (Å²) >= 11 is 13.3. The molecule has 0 atom stereocenters. The van der Waals surface area contributed by atoms with Crippen molar-refractivity contribution in [3.8, 4) is 5.75 Å². The number of alkyl halides is 3. The molecular formula is C16H12Cl2F3NO2S. The molecule has 0 saturated heterocycles. The summed E-state index contributed by atoms with van der Waals surface area (Å²) in [6.45, 7) is -1.49. The minimum Gasteiger partial charge on any atom is -0.482 e. The topological polar surface area (TPSA) is 38.3 Å². The van der Waals surface area contributed by atoms with E-state index in [1.807, 2.05) is 6.26 Å². The van der Waals surface area contributed by atoms with E-state index in [9.17, 15) is 18.0 Å². The average molecular weight is 410 g/mol. The summed E-state index contributed by atoms with van der Waals surface area (Å²) < 4.78 is 41.8. The third-order valence-corrected chi connectivity index (χ3v) is 4.29. The van der Waals surface area contributed by atoms with E-state index >= 15 is 0 Å². The zero-order valence-electron chi connectivity index (χ0n) is 12.8. The van der Waals surface area contributed by atoms with E-state index in [1.165, 1.54) is 30.0 Å². The number of carbonyl (C=O) groups is 1. The number of nitrogens with one attached hydrogen (secondary N) is 1. The first-order chi connectivity index (χ1) is 11.7. The van der Waals surface area contributed by atoms with Gasteiger partial charge in [-0.25, -0.2) is 0 Å². The zero-order chi connectivity index (χ0) is 18.6. The van der Waals surface area contributed by atoms with Crippen molar-refractivity contribution in [3.63, 3.8) is 0 Å². The number of hydrogen-bond acceptors (Lipinski definition) is 3. The Kier molecular flexibility index (Phi) is 6.48. The summed E-state index contributed by atoms with van der Waals surface area (Å²) in [5.41, 5.74) is 0.211. The van der Waals surface area contributed by atoms with Crippen molar-refractivity contribution in [2.45, 2.75) is 11.1 Å². The molecule has 0 saturated carbocycles. The van der Waals surface area contributed by atoms with Crippen LogP contribution in [-0.2, 0) is 0 Å². The molecule has 0 fully saturated rings. The van der Waals surface area contributed by atoms with Crippen molar-refractivity contribution in [2.24, 2.45) is 0 Å². The molecule has 0 spiro atoms. The van der Waals surface area contributed by atoms with E-state index in [2.05, 4.69) is 5.32 Å². The molecule has 1 N–H and O–H groups in total. The van der Waals surface area contributed by atoms with Crippen LogP contribution in [0.3, 0.4) is 0 Å². The first-order valence-electron chi connectivity index (χ1n) is 6.83. The molecule has 2 rings (SSSR count). The fourth-order valence-electron chi connectivity index (χ4n) is 1.88. The van der Waals surface area contributed by atoms with Gasteiger partial charge in [-0.3, -0.25) is 4.79 Å². The highest BCUT2D eigenvalue weighted by molar-refractivity contribution is 7.98. The molecular weight excluding hydrogens is 398 g/mol. The van der Waals surface area contributed by atoms with Crippen LogP contribution in [0.25, 0.3) is 0 Å². The summed E-state index contributed by atoms with van der Waals surface area (Å²) in [6, 6.07) is 8.83. The molecule has 1 amide bonds. The number of ether oxygens (including phenoxy) is 1. The molecule has 0 aliphatic rings. The molecule has 0 aromatic heterocycles. The van der Waals surface area contributed by atoms with Crippen LogP contribution in [0.5, 0.6) is 5.75 Å². The standard InChI is InChI=1S/C16H12Cl2F3NO2S/c1-25-10-3-4-12(18)11(7-10)15(23)22-13-6-9(17)2-5-14(13)24-8-16(19,20)21/h2-7H,8H2,1H3,(H,22,23). The predicted octanol–water partition coefficient (Wildman–Crippen LogP) is 5.91. The molecule has 2 aromatic rings. The smallest absolute Gasteiger partial charge is 0.422 e. The Morgan fingerprint density at radius 2 is 1.92 bits per heavy atom. The maximum Gasteiger partial charge on any atom is 0.422 e. The van der Waals surface area contributed by atoms with Crippen molar-refractivity contribution in [2.75, 3.05) is 18.2 Å². The van der Waals surface area contributed by atoms with Gasteiger partial charge in [-0.05, 0) is 42.7 Å². The minimum absolute atomic E-state index is 0.0207. The summed E-state index contributed by atoms with van der Waals surface area (Å²) in [6.07, 6.45) is -2.66. The largest absolute Gasteiger partial charge is 0.482 e. The van der Waals surface area contributed by atoms with Crippen molar-refractivity contribution in [1.29, 1.82) is 0 Å². The fourth-order valence-corrected chi connectivity index (χ4v) is 2.70. The molecule has 0 unspecified atom stereocenters. The van der Waals surface area contributed by atoms with Gasteiger partial charge >= 0.3 is 6.18 Å². The van der Waals surface area contributed by atoms with Crippen molar-refractivity contribution >= 4 is 46.6 Å². The lowest BCUT2D eigenvalue weighted by Gasteiger charge is -2.15. The maximum absolute atomic E-state index is 12.4. The van der Waals surface area contributed by atoms with Crippen LogP contribution in [-0.4, -0.2) is 24.9 Å². The quantitative estimate of drug-likeness (QED) is 0.623. The number of anilines is 1. The van der Waals surface area contributed by atoms with Crippen LogP contribution in [0.4, 0.5) is 18.9 Å². The molecule has 0 bridgehead atoms. The van der Waals surface area contributed by atoms with E-state index < -0.39 is 18.7 Å². The molecule has 0 aliphatic heterocycles. The molecule has 3 nitrogen and oxygen atoms in total. The zero-order valence-corrected chi connectivity index (χ0v) is 15.1. The Labute approximate surface area is 156 Å². The maximum atomic E-state index is 12.4. The molecule has 2 aromatic carbocycles. The number of thioether (sulfide) groups is 1. The van der Waals surface area contributed by atoms with E-state index in [4.69, 9.17) is 27.9 Å². The first-order valence-corrected chi connectivity index (χ1v) is 8.81. The van der Waals surface area contributed by atoms with E-state index in [0.717, 1.165) is 4.90 Å². The fraction of sp³-hybridized carbons (Fsp3) is 0.188. The van der Waals surface area contributed by atoms with Crippen LogP contribution in [0.2, 0.25) is 10.0 Å². The van der Waals surface area contributed by atoms with Gasteiger partial charge in [0.2, 0.25) is 0 Å². The van der Waals surface area contributed by atoms with Gasteiger partial charge < -0.3 is 10.1 Å². The van der Waals surface area contributed by atoms with Crippen LogP contribution in [0.15, 0.2) is 41.3 Å². The minimum atomic E-state index is -4.50. The first kappa shape index (κ1) is 19.8. The van der Waals surface area contributed by atoms with Crippen LogP contribution >= 0.6 is 35.0 Å². The Bertz CT molecular complexity index is 784. The molecule has 134 valence electrons. The van der Waals surface area contributed by atoms with Crippen molar-refractivity contribution in [1.82, 2.24) is 0 Å². The van der Waals surface area contributed by atoms with Gasteiger partial charge in [0.25, 0.3) is 5.91 Å². The number of benzene rings is 2. The third kappa shape index (κ3) is 5.73. The average Bonchev–Trinajstić information content (AvgIpc) is 2.53. The molecule has 0 aliphatic carbocycles. The van der Waals surface area contributed by atoms with Gasteiger partial charge in [-0.15, -0.1) is 11.8 Å². The van der Waals surface area contributed by atoms with E-state index in [-0.39, 0.29) is 27.0 Å². The van der Waals surface area contributed by atoms with Gasteiger partial charge in [0.1, 0.15) is 5.75 Å². The van der Waals surface area contributed by atoms with Crippen LogP contribution in [0.1, 0.15) is 10.4 Å². The normalized spacial score (nSPS) is 11.3. The lowest BCUT2D eigenvalue weighted by Crippen LogP contribution is -2.20. The summed E-state index contributed by atoms with van der Waals surface area (Å²) in [7, 11) is 0. The van der Waals surface area contributed by atoms with Crippen LogP contribution < -0.4 is 10.1 Å². The molecule has 0 radical (unpaired) electrons. The number of carbonyl (C=O) groups excluding carboxylic acids is 1. The lowest BCUT2D eigenvalue weighted by molar-refractivity contribution is -0.153. The Balaban J connectivity index is 2.27. The Morgan fingerprint density at radius 3 is 2.56 bits per heavy atom. The van der Waals surface area contributed by atoms with Gasteiger partial charge in [0.05, 0.1) is 16.3 Å². The van der Waals surface area contributed by atoms with Crippen LogP contribution in [0, 0.1) is 0 Å². The number of halogens is 5. The van der Waals surface area contributed by atoms with Gasteiger partial charge in [-0.1, -0.05) is 23.2 Å². The van der Waals surface area contributed by atoms with E-state index in [0.29, 0.717) is 0 Å². The Hall–Kier alpha value is -1.57. The summed E-state index contributed by atoms with van der Waals surface area (Å²) in [5, 5.41) is 2.94. The second kappa shape index (κ2) is 8.21. The van der Waals surface area contributed by atoms with Crippen molar-refractivity contribution in [3.05, 3.63) is 52.0 Å². The van der Waals surface area contributed by atoms with E-state index in [1.54, 1.807) is 18.2 Å². The molecule has 25 heavy (non-hydrogen) atoms. The second-order valence-electron chi connectivity index (χ2n) is 4.84. The Morgan fingerprint density at radius 1 is 1.20 bits per heavy atom. The monoisotopic (exact) mass is 409 g/mol. The highest BCUT2D eigenvalue weighted by Crippen LogP contribution is 2.31. The number of rotatable bonds is 5. The third-order valence-electron chi connectivity index (χ3n) is 3.00. The number of hydrogen-bond donors (Lipinski definition) is 1. The van der Waals surface area contributed by atoms with Crippen molar-refractivity contribution < 1.29 is 22.7 Å². The highest BCUT2D eigenvalue weighted by atomic mass is 35.5. The second-order valence-corrected chi connectivity index (χ2v) is 6.57. The number of amides is 1. The highest BCUT2D eigenvalue weighted by Gasteiger charge is 2.29. The summed E-state index contributed by atoms with van der Waals surface area (Å²) in [4.78, 5) is 13.3. The summed E-state index contributed by atoms with van der Waals surface area (Å²) in [5.74, 6) is -0.729. The predicted molar refractivity (Wildman–Crippen MR) is 94.2 cm³/mol. The molecule has 9 heteroatoms. The van der Waals surface area contributed by atoms with Gasteiger partial charge in [0, 0.05) is 9.92 Å².